The highest BCUT2D eigenvalue weighted by atomic mass is 19.4. The fourth-order valence-corrected chi connectivity index (χ4v) is 5.40. The number of likely N-dealkylation sites (tertiary alicyclic amines) is 1. The van der Waals surface area contributed by atoms with Crippen LogP contribution in [-0.2, 0) is 19.2 Å². The lowest BCUT2D eigenvalue weighted by atomic mass is 9.85. The molecule has 1 saturated carbocycles. The van der Waals surface area contributed by atoms with Crippen molar-refractivity contribution in [1.82, 2.24) is 20.9 Å². The molecule has 194 valence electrons. The maximum absolute atomic E-state index is 13.5. The van der Waals surface area contributed by atoms with Gasteiger partial charge in [0.05, 0.1) is 6.07 Å². The van der Waals surface area contributed by atoms with Crippen molar-refractivity contribution in [3.8, 4) is 6.07 Å². The quantitative estimate of drug-likeness (QED) is 0.504. The number of fused-ring (bicyclic) bond motifs is 1. The van der Waals surface area contributed by atoms with E-state index in [-0.39, 0.29) is 36.1 Å². The maximum atomic E-state index is 13.5. The SMILES string of the molecule is CC(C)(C)[C@@H](NC(=O)C(F)(F)F)C(=O)N1C[C@H]2[C@@H]([C@H]1C(=O)N[C@H](C#N)C[C@@H]1CCNC1=O)C2(C)C. The summed E-state index contributed by atoms with van der Waals surface area (Å²) in [6.45, 7) is 9.13. The minimum Gasteiger partial charge on any atom is -0.356 e. The Balaban J connectivity index is 1.81. The van der Waals surface area contributed by atoms with Gasteiger partial charge in [0.2, 0.25) is 17.7 Å². The van der Waals surface area contributed by atoms with E-state index in [1.807, 2.05) is 19.9 Å². The predicted octanol–water partition coefficient (Wildman–Crippen LogP) is 1.10. The van der Waals surface area contributed by atoms with Gasteiger partial charge >= 0.3 is 12.1 Å². The standard InChI is InChI=1S/C23H32F3N5O4/c1-21(2,3)16(30-20(35)23(24,25)26)19(34)31-10-13-14(22(13,4)5)15(31)18(33)29-12(9-27)8-11-6-7-28-17(11)32/h11-16H,6-8,10H2,1-5H3,(H,28,32)(H,29,33)(H,30,35)/t11-,12-,13-,14-,15-,16-/m0/s1. The van der Waals surface area contributed by atoms with Crippen molar-refractivity contribution in [2.45, 2.75) is 71.8 Å². The lowest BCUT2D eigenvalue weighted by Crippen LogP contribution is -2.61. The number of alkyl halides is 3. The summed E-state index contributed by atoms with van der Waals surface area (Å²) < 4.78 is 38.8. The molecule has 0 aromatic rings. The highest BCUT2D eigenvalue weighted by Gasteiger charge is 2.70. The minimum absolute atomic E-state index is 0.0396. The van der Waals surface area contributed by atoms with E-state index in [1.54, 1.807) is 5.32 Å². The van der Waals surface area contributed by atoms with Gasteiger partial charge in [-0.3, -0.25) is 19.2 Å². The number of nitriles is 1. The average molecular weight is 500 g/mol. The molecule has 4 amide bonds. The lowest BCUT2D eigenvalue weighted by molar-refractivity contribution is -0.176. The number of halogens is 3. The fraction of sp³-hybridized carbons (Fsp3) is 0.783. The molecule has 6 atom stereocenters. The van der Waals surface area contributed by atoms with Crippen LogP contribution in [0.2, 0.25) is 0 Å². The molecule has 2 saturated heterocycles. The zero-order chi connectivity index (χ0) is 26.5. The molecule has 0 radical (unpaired) electrons. The molecule has 2 heterocycles. The van der Waals surface area contributed by atoms with Crippen LogP contribution in [-0.4, -0.2) is 65.9 Å². The van der Waals surface area contributed by atoms with Gasteiger partial charge in [-0.15, -0.1) is 0 Å². The van der Waals surface area contributed by atoms with Crippen LogP contribution in [0.25, 0.3) is 0 Å². The Morgan fingerprint density at radius 1 is 1.23 bits per heavy atom. The molecular weight excluding hydrogens is 467 g/mol. The van der Waals surface area contributed by atoms with Gasteiger partial charge in [-0.05, 0) is 35.5 Å². The van der Waals surface area contributed by atoms with Gasteiger partial charge in [0.25, 0.3) is 0 Å². The van der Waals surface area contributed by atoms with Crippen LogP contribution in [0.15, 0.2) is 0 Å². The number of piperidine rings is 1. The highest BCUT2D eigenvalue weighted by molar-refractivity contribution is 5.95. The van der Waals surface area contributed by atoms with E-state index in [2.05, 4.69) is 10.6 Å². The Morgan fingerprint density at radius 2 is 1.86 bits per heavy atom. The molecule has 3 N–H and O–H groups in total. The second-order valence-corrected chi connectivity index (χ2v) is 11.4. The minimum atomic E-state index is -5.16. The molecular formula is C23H32F3N5O4. The number of hydrogen-bond acceptors (Lipinski definition) is 5. The van der Waals surface area contributed by atoms with Crippen LogP contribution in [0.3, 0.4) is 0 Å². The topological polar surface area (TPSA) is 131 Å². The number of hydrogen-bond donors (Lipinski definition) is 3. The Labute approximate surface area is 202 Å². The van der Waals surface area contributed by atoms with Crippen molar-refractivity contribution in [1.29, 1.82) is 5.26 Å². The molecule has 2 aliphatic heterocycles. The van der Waals surface area contributed by atoms with E-state index in [4.69, 9.17) is 0 Å². The van der Waals surface area contributed by atoms with Crippen molar-refractivity contribution in [3.63, 3.8) is 0 Å². The van der Waals surface area contributed by atoms with Gasteiger partial charge in [0, 0.05) is 19.0 Å². The molecule has 0 aromatic heterocycles. The Bertz CT molecular complexity index is 952. The van der Waals surface area contributed by atoms with Crippen molar-refractivity contribution < 1.29 is 32.3 Å². The highest BCUT2D eigenvalue weighted by Crippen LogP contribution is 2.65. The zero-order valence-electron chi connectivity index (χ0n) is 20.5. The summed E-state index contributed by atoms with van der Waals surface area (Å²) in [5, 5.41) is 16.7. The number of nitrogens with zero attached hydrogens (tertiary/aromatic N) is 2. The summed E-state index contributed by atoms with van der Waals surface area (Å²) in [5.74, 6) is -4.46. The summed E-state index contributed by atoms with van der Waals surface area (Å²) in [7, 11) is 0. The number of carbonyl (C=O) groups excluding carboxylic acids is 4. The average Bonchev–Trinajstić information content (AvgIpc) is 3.10. The Hall–Kier alpha value is -2.84. The predicted molar refractivity (Wildman–Crippen MR) is 117 cm³/mol. The smallest absolute Gasteiger partial charge is 0.356 e. The molecule has 0 aromatic carbocycles. The van der Waals surface area contributed by atoms with Crippen molar-refractivity contribution >= 4 is 23.6 Å². The summed E-state index contributed by atoms with van der Waals surface area (Å²) in [5.41, 5.74) is -1.33. The van der Waals surface area contributed by atoms with Gasteiger partial charge in [-0.1, -0.05) is 34.6 Å². The molecule has 3 aliphatic rings. The van der Waals surface area contributed by atoms with Crippen molar-refractivity contribution in [3.05, 3.63) is 0 Å². The van der Waals surface area contributed by atoms with Crippen molar-refractivity contribution in [2.24, 2.45) is 28.6 Å². The molecule has 12 heteroatoms. The van der Waals surface area contributed by atoms with E-state index in [0.29, 0.717) is 13.0 Å². The molecule has 3 rings (SSSR count). The van der Waals surface area contributed by atoms with Crippen LogP contribution < -0.4 is 16.0 Å². The third kappa shape index (κ3) is 5.23. The summed E-state index contributed by atoms with van der Waals surface area (Å²) in [6, 6.07) is -1.48. The first-order valence-electron chi connectivity index (χ1n) is 11.7. The zero-order valence-corrected chi connectivity index (χ0v) is 20.5. The summed E-state index contributed by atoms with van der Waals surface area (Å²) in [4.78, 5) is 51.6. The molecule has 1 aliphatic carbocycles. The first-order chi connectivity index (χ1) is 16.0. The second-order valence-electron chi connectivity index (χ2n) is 11.4. The first kappa shape index (κ1) is 26.8. The normalized spacial score (nSPS) is 28.9. The summed E-state index contributed by atoms with van der Waals surface area (Å²) >= 11 is 0. The third-order valence-corrected chi connectivity index (χ3v) is 7.56. The Kier molecular flexibility index (Phi) is 6.87. The molecule has 0 spiro atoms. The van der Waals surface area contributed by atoms with E-state index in [0.717, 1.165) is 0 Å². The van der Waals surface area contributed by atoms with E-state index in [9.17, 15) is 37.6 Å². The molecule has 3 fully saturated rings. The summed E-state index contributed by atoms with van der Waals surface area (Å²) in [6.07, 6.45) is -4.49. The molecule has 9 nitrogen and oxygen atoms in total. The molecule has 35 heavy (non-hydrogen) atoms. The van der Waals surface area contributed by atoms with Crippen LogP contribution in [0.1, 0.15) is 47.5 Å². The maximum Gasteiger partial charge on any atom is 0.471 e. The fourth-order valence-electron chi connectivity index (χ4n) is 5.40. The first-order valence-corrected chi connectivity index (χ1v) is 11.7. The van der Waals surface area contributed by atoms with Crippen LogP contribution >= 0.6 is 0 Å². The van der Waals surface area contributed by atoms with Crippen LogP contribution in [0.5, 0.6) is 0 Å². The number of nitrogens with one attached hydrogen (secondary N) is 3. The Morgan fingerprint density at radius 3 is 2.34 bits per heavy atom. The van der Waals surface area contributed by atoms with Gasteiger partial charge in [-0.25, -0.2) is 0 Å². The number of amides is 4. The largest absolute Gasteiger partial charge is 0.471 e. The third-order valence-electron chi connectivity index (χ3n) is 7.56. The van der Waals surface area contributed by atoms with Crippen LogP contribution in [0, 0.1) is 39.9 Å². The number of rotatable bonds is 6. The van der Waals surface area contributed by atoms with E-state index in [1.165, 1.54) is 25.7 Å². The monoisotopic (exact) mass is 499 g/mol. The van der Waals surface area contributed by atoms with Gasteiger partial charge < -0.3 is 20.9 Å². The lowest BCUT2D eigenvalue weighted by Gasteiger charge is -2.37. The molecule has 0 bridgehead atoms. The molecule has 0 unspecified atom stereocenters. The van der Waals surface area contributed by atoms with Crippen molar-refractivity contribution in [2.75, 3.05) is 13.1 Å². The number of carbonyl (C=O) groups is 4. The van der Waals surface area contributed by atoms with Gasteiger partial charge in [0.15, 0.2) is 0 Å². The second kappa shape index (κ2) is 8.99. The van der Waals surface area contributed by atoms with Gasteiger partial charge in [0.1, 0.15) is 18.1 Å². The van der Waals surface area contributed by atoms with Gasteiger partial charge in [-0.2, -0.15) is 18.4 Å². The van der Waals surface area contributed by atoms with Crippen LogP contribution in [0.4, 0.5) is 13.2 Å². The van der Waals surface area contributed by atoms with E-state index >= 15 is 0 Å². The van der Waals surface area contributed by atoms with E-state index < -0.39 is 53.4 Å².